The number of carbonyl (C=O) groups excluding carboxylic acids is 2. The normalized spacial score (nSPS) is 16.8. The number of ether oxygens (including phenoxy) is 1. The molecule has 36 heavy (non-hydrogen) atoms. The quantitative estimate of drug-likeness (QED) is 0.199. The molecule has 1 fully saturated rings. The van der Waals surface area contributed by atoms with Gasteiger partial charge in [-0.25, -0.2) is 0 Å². The van der Waals surface area contributed by atoms with Gasteiger partial charge in [-0.3, -0.25) is 9.59 Å². The molecule has 0 bridgehead atoms. The van der Waals surface area contributed by atoms with Crippen molar-refractivity contribution in [1.82, 2.24) is 4.90 Å². The Morgan fingerprint density at radius 3 is 2.14 bits per heavy atom. The number of hydrogen-bond donors (Lipinski definition) is 1. The molecule has 5 rings (SSSR count). The van der Waals surface area contributed by atoms with Gasteiger partial charge in [-0.15, -0.1) is 0 Å². The van der Waals surface area contributed by atoms with Gasteiger partial charge in [0, 0.05) is 12.1 Å². The Balaban J connectivity index is 1.61. The smallest absolute Gasteiger partial charge is 0.295 e. The zero-order valence-corrected chi connectivity index (χ0v) is 19.8. The lowest BCUT2D eigenvalue weighted by Crippen LogP contribution is -2.29. The third-order valence-electron chi connectivity index (χ3n) is 6.21. The second kappa shape index (κ2) is 9.92. The molecule has 1 amide bonds. The fourth-order valence-corrected chi connectivity index (χ4v) is 4.41. The summed E-state index contributed by atoms with van der Waals surface area (Å²) < 4.78 is 6.01. The van der Waals surface area contributed by atoms with Crippen molar-refractivity contribution in [3.05, 3.63) is 137 Å². The predicted octanol–water partition coefficient (Wildman–Crippen LogP) is 6.41. The summed E-state index contributed by atoms with van der Waals surface area (Å²) in [5, 5.41) is 11.3. The molecule has 0 aromatic heterocycles. The van der Waals surface area contributed by atoms with Gasteiger partial charge >= 0.3 is 0 Å². The number of para-hydroxylation sites is 1. The van der Waals surface area contributed by atoms with Crippen LogP contribution in [0.2, 0.25) is 0 Å². The van der Waals surface area contributed by atoms with E-state index in [4.69, 9.17) is 4.74 Å². The van der Waals surface area contributed by atoms with Gasteiger partial charge in [-0.1, -0.05) is 90.5 Å². The molecule has 5 nitrogen and oxygen atoms in total. The number of likely N-dealkylation sites (tertiary alicyclic amines) is 1. The van der Waals surface area contributed by atoms with Crippen LogP contribution in [-0.4, -0.2) is 21.7 Å². The Kier molecular flexibility index (Phi) is 6.37. The Morgan fingerprint density at radius 1 is 0.806 bits per heavy atom. The molecule has 4 aromatic rings. The van der Waals surface area contributed by atoms with Crippen LogP contribution in [0.1, 0.15) is 28.3 Å². The molecule has 1 unspecified atom stereocenters. The lowest BCUT2D eigenvalue weighted by Gasteiger charge is -2.26. The first-order chi connectivity index (χ1) is 17.5. The molecule has 5 heteroatoms. The minimum atomic E-state index is -0.772. The number of hydrogen-bond acceptors (Lipinski definition) is 4. The van der Waals surface area contributed by atoms with E-state index >= 15 is 0 Å². The summed E-state index contributed by atoms with van der Waals surface area (Å²) in [6.45, 7) is 2.17. The molecular formula is C31H25NO4. The second-order valence-electron chi connectivity index (χ2n) is 8.77. The van der Waals surface area contributed by atoms with Crippen molar-refractivity contribution < 1.29 is 19.4 Å². The largest absolute Gasteiger partial charge is 0.507 e. The lowest BCUT2D eigenvalue weighted by atomic mass is 9.94. The molecule has 1 aliphatic heterocycles. The first-order valence-electron chi connectivity index (χ1n) is 11.7. The average molecular weight is 476 g/mol. The van der Waals surface area contributed by atoms with E-state index in [0.29, 0.717) is 22.6 Å². The lowest BCUT2D eigenvalue weighted by molar-refractivity contribution is -0.140. The summed E-state index contributed by atoms with van der Waals surface area (Å²) in [6.07, 6.45) is 0. The average Bonchev–Trinajstić information content (AvgIpc) is 3.15. The molecule has 178 valence electrons. The van der Waals surface area contributed by atoms with Crippen LogP contribution < -0.4 is 4.74 Å². The third-order valence-corrected chi connectivity index (χ3v) is 6.21. The fraction of sp³-hybridized carbons (Fsp3) is 0.0968. The molecule has 0 radical (unpaired) electrons. The Morgan fingerprint density at radius 2 is 1.44 bits per heavy atom. The summed E-state index contributed by atoms with van der Waals surface area (Å²) in [5.74, 6) is -0.300. The first kappa shape index (κ1) is 23.1. The molecule has 0 aliphatic carbocycles. The van der Waals surface area contributed by atoms with E-state index in [9.17, 15) is 14.7 Å². The topological polar surface area (TPSA) is 66.8 Å². The van der Waals surface area contributed by atoms with Gasteiger partial charge in [-0.05, 0) is 42.3 Å². The number of rotatable bonds is 6. The van der Waals surface area contributed by atoms with E-state index < -0.39 is 17.7 Å². The van der Waals surface area contributed by atoms with Crippen molar-refractivity contribution in [2.45, 2.75) is 19.5 Å². The van der Waals surface area contributed by atoms with Gasteiger partial charge in [0.25, 0.3) is 11.7 Å². The van der Waals surface area contributed by atoms with Crippen LogP contribution in [0.25, 0.3) is 5.76 Å². The fourth-order valence-electron chi connectivity index (χ4n) is 4.41. The molecule has 0 saturated carbocycles. The van der Waals surface area contributed by atoms with Crippen molar-refractivity contribution in [1.29, 1.82) is 0 Å². The van der Waals surface area contributed by atoms with E-state index in [-0.39, 0.29) is 17.9 Å². The number of aryl methyl sites for hydroxylation is 1. The summed E-state index contributed by atoms with van der Waals surface area (Å²) in [7, 11) is 0. The van der Waals surface area contributed by atoms with Crippen molar-refractivity contribution >= 4 is 17.4 Å². The van der Waals surface area contributed by atoms with Crippen LogP contribution >= 0.6 is 0 Å². The van der Waals surface area contributed by atoms with Crippen molar-refractivity contribution in [3.8, 4) is 11.5 Å². The summed E-state index contributed by atoms with van der Waals surface area (Å²) >= 11 is 0. The molecule has 1 aliphatic rings. The van der Waals surface area contributed by atoms with E-state index in [2.05, 4.69) is 0 Å². The molecule has 1 heterocycles. The summed E-state index contributed by atoms with van der Waals surface area (Å²) in [4.78, 5) is 28.1. The van der Waals surface area contributed by atoms with Gasteiger partial charge < -0.3 is 14.7 Å². The van der Waals surface area contributed by atoms with Crippen LogP contribution in [0.3, 0.4) is 0 Å². The number of amides is 1. The van der Waals surface area contributed by atoms with Crippen LogP contribution in [-0.2, 0) is 16.1 Å². The van der Waals surface area contributed by atoms with Crippen LogP contribution in [0, 0.1) is 6.92 Å². The second-order valence-corrected chi connectivity index (χ2v) is 8.77. The number of aliphatic hydroxyl groups excluding tert-OH is 1. The van der Waals surface area contributed by atoms with Gasteiger partial charge in [0.05, 0.1) is 11.6 Å². The summed E-state index contributed by atoms with van der Waals surface area (Å²) in [5.41, 5.74) is 3.14. The highest BCUT2D eigenvalue weighted by atomic mass is 16.5. The minimum Gasteiger partial charge on any atom is -0.507 e. The molecule has 4 aromatic carbocycles. The number of carbonyl (C=O) groups is 2. The standard InChI is InChI=1S/C31H25NO4/c1-21-15-17-23(18-16-21)29(33)27-28(32(31(35)30(27)34)20-22-9-4-2-5-10-22)24-11-8-14-26(19-24)36-25-12-6-3-7-13-25/h2-19,28,33H,20H2,1H3/b29-27+. The molecule has 1 atom stereocenters. The Bertz CT molecular complexity index is 1430. The highest BCUT2D eigenvalue weighted by Gasteiger charge is 2.46. The minimum absolute atomic E-state index is 0.0663. The summed E-state index contributed by atoms with van der Waals surface area (Å²) in [6, 6.07) is 32.6. The maximum absolute atomic E-state index is 13.3. The van der Waals surface area contributed by atoms with E-state index in [0.717, 1.165) is 11.1 Å². The highest BCUT2D eigenvalue weighted by Crippen LogP contribution is 2.41. The van der Waals surface area contributed by atoms with Crippen molar-refractivity contribution in [2.24, 2.45) is 0 Å². The van der Waals surface area contributed by atoms with E-state index in [1.807, 2.05) is 104 Å². The van der Waals surface area contributed by atoms with Gasteiger partial charge in [0.2, 0.25) is 0 Å². The molecule has 1 saturated heterocycles. The molecular weight excluding hydrogens is 450 g/mol. The molecule has 1 N–H and O–H groups in total. The molecule has 0 spiro atoms. The van der Waals surface area contributed by atoms with Gasteiger partial charge in [-0.2, -0.15) is 0 Å². The monoisotopic (exact) mass is 475 g/mol. The van der Waals surface area contributed by atoms with Gasteiger partial charge in [0.15, 0.2) is 0 Å². The Labute approximate surface area is 209 Å². The van der Waals surface area contributed by atoms with Crippen molar-refractivity contribution in [2.75, 3.05) is 0 Å². The zero-order valence-electron chi connectivity index (χ0n) is 19.8. The van der Waals surface area contributed by atoms with E-state index in [1.165, 1.54) is 4.90 Å². The maximum atomic E-state index is 13.3. The van der Waals surface area contributed by atoms with E-state index in [1.54, 1.807) is 12.1 Å². The number of ketones is 1. The number of benzene rings is 4. The zero-order chi connectivity index (χ0) is 25.1. The number of aliphatic hydroxyl groups is 1. The highest BCUT2D eigenvalue weighted by molar-refractivity contribution is 6.46. The maximum Gasteiger partial charge on any atom is 0.295 e. The third kappa shape index (κ3) is 4.64. The van der Waals surface area contributed by atoms with Crippen LogP contribution in [0.4, 0.5) is 0 Å². The Hall–Kier alpha value is -4.64. The number of nitrogens with zero attached hydrogens (tertiary/aromatic N) is 1. The predicted molar refractivity (Wildman–Crippen MR) is 138 cm³/mol. The van der Waals surface area contributed by atoms with Crippen LogP contribution in [0.5, 0.6) is 11.5 Å². The first-order valence-corrected chi connectivity index (χ1v) is 11.7. The van der Waals surface area contributed by atoms with Crippen LogP contribution in [0.15, 0.2) is 115 Å². The van der Waals surface area contributed by atoms with Gasteiger partial charge in [0.1, 0.15) is 17.3 Å². The number of Topliss-reactive ketones (excluding diaryl/α,β-unsaturated/α-hetero) is 1. The SMILES string of the molecule is Cc1ccc(/C(O)=C2\C(=O)C(=O)N(Cc3ccccc3)C2c2cccc(Oc3ccccc3)c2)cc1. The van der Waals surface area contributed by atoms with Crippen molar-refractivity contribution in [3.63, 3.8) is 0 Å².